The summed E-state index contributed by atoms with van der Waals surface area (Å²) in [6, 6.07) is 7.47. The Balaban J connectivity index is 0.00000225. The predicted octanol–water partition coefficient (Wildman–Crippen LogP) is 7.78. The molecule has 8 heteroatoms. The molecular weight excluding hydrogens is 572 g/mol. The van der Waals surface area contributed by atoms with Crippen molar-refractivity contribution in [3.8, 4) is 0 Å². The predicted molar refractivity (Wildman–Crippen MR) is 124 cm³/mol. The minimum absolute atomic E-state index is 0. The summed E-state index contributed by atoms with van der Waals surface area (Å²) in [5.74, 6) is 0. The molecule has 0 bridgehead atoms. The smallest absolute Gasteiger partial charge is 0.0923 e. The second-order valence-corrected chi connectivity index (χ2v) is 13.4. The summed E-state index contributed by atoms with van der Waals surface area (Å²) in [6.07, 6.45) is 4.14. The van der Waals surface area contributed by atoms with Crippen molar-refractivity contribution in [1.29, 1.82) is 0 Å². The topological polar surface area (TPSA) is 0 Å². The first-order valence-corrected chi connectivity index (χ1v) is 12.0. The number of hydrogen-bond donors (Lipinski definition) is 0. The van der Waals surface area contributed by atoms with Gasteiger partial charge in [-0.25, -0.2) is 0 Å². The van der Waals surface area contributed by atoms with E-state index >= 15 is 0 Å². The van der Waals surface area contributed by atoms with Crippen molar-refractivity contribution in [2.24, 2.45) is 0 Å². The normalized spacial score (nSPS) is 25.4. The molecule has 2 aromatic carbocycles. The fraction of sp³-hybridized carbons (Fsp3) is 0.200. The first-order valence-electron chi connectivity index (χ1n) is 8.31. The number of allylic oxidation sites excluding steroid dienone is 2. The van der Waals surface area contributed by atoms with Gasteiger partial charge >= 0.3 is 0 Å². The van der Waals surface area contributed by atoms with Crippen LogP contribution in [0.4, 0.5) is 0 Å². The van der Waals surface area contributed by atoms with Crippen LogP contribution in [0.2, 0.25) is 20.1 Å². The number of alkyl halides is 2. The molecule has 28 heavy (non-hydrogen) atoms. The Kier molecular flexibility index (Phi) is 6.72. The number of hydrogen-bond acceptors (Lipinski definition) is 0. The van der Waals surface area contributed by atoms with Gasteiger partial charge < -0.3 is 0 Å². The zero-order chi connectivity index (χ0) is 19.7. The standard InChI is InChI=1S/C20H14Cl6Si.Zr/c1-9-3-11-5-15(21)17(23)7-13(11)19(9,25)27-20(26)10(2)4-12-6-16(22)18(24)8-14(12)20;/h3-8H,27H2,1-2H3;. The molecule has 0 nitrogen and oxygen atoms in total. The maximum atomic E-state index is 7.27. The fourth-order valence-corrected chi connectivity index (χ4v) is 8.92. The monoisotopic (exact) mass is 582 g/mol. The van der Waals surface area contributed by atoms with Crippen LogP contribution in [0.25, 0.3) is 12.2 Å². The van der Waals surface area contributed by atoms with Crippen LogP contribution in [0, 0.1) is 0 Å². The SMILES string of the molecule is CC1=Cc2cc(Cl)c(Cl)cc2C1(Cl)[SiH2]C1(Cl)C(C)=Cc2cc(Cl)c(Cl)cc21.[Zr]. The summed E-state index contributed by atoms with van der Waals surface area (Å²) < 4.78 is -1.32. The fourth-order valence-electron chi connectivity index (χ4n) is 3.97. The van der Waals surface area contributed by atoms with Crippen molar-refractivity contribution >= 4 is 91.3 Å². The van der Waals surface area contributed by atoms with E-state index in [-0.39, 0.29) is 26.2 Å². The van der Waals surface area contributed by atoms with Gasteiger partial charge in [-0.1, -0.05) is 69.7 Å². The molecule has 2 aromatic rings. The third-order valence-corrected chi connectivity index (χ3v) is 11.6. The maximum absolute atomic E-state index is 7.27. The zero-order valence-electron chi connectivity index (χ0n) is 14.9. The van der Waals surface area contributed by atoms with E-state index in [4.69, 9.17) is 69.6 Å². The van der Waals surface area contributed by atoms with Crippen LogP contribution >= 0.6 is 69.6 Å². The molecule has 0 N–H and O–H groups in total. The molecule has 0 saturated carbocycles. The van der Waals surface area contributed by atoms with E-state index in [0.717, 1.165) is 33.4 Å². The Hall–Kier alpha value is 0.760. The molecule has 0 fully saturated rings. The minimum atomic E-state index is -1.21. The van der Waals surface area contributed by atoms with Crippen molar-refractivity contribution < 1.29 is 26.2 Å². The third kappa shape index (κ3) is 3.55. The molecule has 4 rings (SSSR count). The van der Waals surface area contributed by atoms with Crippen molar-refractivity contribution in [2.45, 2.75) is 22.8 Å². The average molecular weight is 586 g/mol. The van der Waals surface area contributed by atoms with E-state index in [1.807, 2.05) is 38.1 Å². The number of halogens is 6. The molecule has 0 heterocycles. The third-order valence-electron chi connectivity index (χ3n) is 5.52. The quantitative estimate of drug-likeness (QED) is 0.249. The average Bonchev–Trinajstić information content (AvgIpc) is 2.94. The second kappa shape index (κ2) is 8.03. The Morgan fingerprint density at radius 3 is 1.32 bits per heavy atom. The number of rotatable bonds is 2. The van der Waals surface area contributed by atoms with Gasteiger partial charge in [-0.2, -0.15) is 0 Å². The Labute approximate surface area is 216 Å². The van der Waals surface area contributed by atoms with E-state index in [1.165, 1.54) is 0 Å². The van der Waals surface area contributed by atoms with Gasteiger partial charge in [0.1, 0.15) is 0 Å². The molecule has 2 aliphatic carbocycles. The van der Waals surface area contributed by atoms with Gasteiger partial charge in [0, 0.05) is 26.2 Å². The zero-order valence-corrected chi connectivity index (χ0v) is 23.3. The second-order valence-electron chi connectivity index (χ2n) is 7.14. The van der Waals surface area contributed by atoms with E-state index < -0.39 is 18.5 Å². The number of fused-ring (bicyclic) bond motifs is 2. The van der Waals surface area contributed by atoms with Crippen molar-refractivity contribution in [3.05, 3.63) is 77.8 Å². The van der Waals surface area contributed by atoms with Crippen molar-refractivity contribution in [1.82, 2.24) is 0 Å². The molecule has 0 radical (unpaired) electrons. The van der Waals surface area contributed by atoms with Gasteiger partial charge in [0.15, 0.2) is 0 Å². The van der Waals surface area contributed by atoms with Crippen molar-refractivity contribution in [2.75, 3.05) is 0 Å². The molecule has 0 aromatic heterocycles. The van der Waals surface area contributed by atoms with Crippen LogP contribution in [0.3, 0.4) is 0 Å². The number of benzene rings is 2. The summed E-state index contributed by atoms with van der Waals surface area (Å²) >= 11 is 39.5. The van der Waals surface area contributed by atoms with E-state index in [0.29, 0.717) is 20.1 Å². The first-order chi connectivity index (χ1) is 12.6. The maximum Gasteiger partial charge on any atom is 0.0923 e. The van der Waals surface area contributed by atoms with Gasteiger partial charge in [0.2, 0.25) is 0 Å². The van der Waals surface area contributed by atoms with E-state index in [2.05, 4.69) is 12.2 Å². The minimum Gasteiger partial charge on any atom is -0.114 e. The van der Waals surface area contributed by atoms with Gasteiger partial charge in [0.05, 0.1) is 38.6 Å². The Morgan fingerprint density at radius 2 is 0.964 bits per heavy atom. The molecule has 0 aliphatic heterocycles. The van der Waals surface area contributed by atoms with E-state index in [1.54, 1.807) is 0 Å². The first kappa shape index (κ1) is 23.4. The van der Waals surface area contributed by atoms with Crippen LogP contribution < -0.4 is 0 Å². The van der Waals surface area contributed by atoms with Crippen molar-refractivity contribution in [3.63, 3.8) is 0 Å². The van der Waals surface area contributed by atoms with Crippen LogP contribution in [-0.2, 0) is 35.2 Å². The molecular formula is C20H14Cl6SiZr. The molecule has 144 valence electrons. The summed E-state index contributed by atoms with van der Waals surface area (Å²) in [7, 11) is -1.21. The summed E-state index contributed by atoms with van der Waals surface area (Å²) in [6.45, 7) is 4.07. The summed E-state index contributed by atoms with van der Waals surface area (Å²) in [5.41, 5.74) is 6.07. The molecule has 2 unspecified atom stereocenters. The largest absolute Gasteiger partial charge is 0.114 e. The van der Waals surface area contributed by atoms with Gasteiger partial charge in [-0.3, -0.25) is 0 Å². The van der Waals surface area contributed by atoms with Crippen LogP contribution in [-0.4, -0.2) is 9.52 Å². The molecule has 0 spiro atoms. The van der Waals surface area contributed by atoms with Crippen LogP contribution in [0.1, 0.15) is 36.1 Å². The van der Waals surface area contributed by atoms with E-state index in [9.17, 15) is 0 Å². The van der Waals surface area contributed by atoms with Crippen LogP contribution in [0.5, 0.6) is 0 Å². The molecule has 2 atom stereocenters. The summed E-state index contributed by atoms with van der Waals surface area (Å²) in [4.78, 5) is 0. The Bertz CT molecular complexity index is 980. The Morgan fingerprint density at radius 1 is 0.643 bits per heavy atom. The van der Waals surface area contributed by atoms with Gasteiger partial charge in [-0.05, 0) is 60.4 Å². The van der Waals surface area contributed by atoms with Gasteiger partial charge in [0.25, 0.3) is 0 Å². The summed E-state index contributed by atoms with van der Waals surface area (Å²) in [5, 5.41) is 2.03. The molecule has 0 amide bonds. The van der Waals surface area contributed by atoms with Gasteiger partial charge in [-0.15, -0.1) is 23.2 Å². The van der Waals surface area contributed by atoms with Crippen LogP contribution in [0.15, 0.2) is 35.4 Å². The molecule has 0 saturated heterocycles. The molecule has 2 aliphatic rings.